The first-order valence-corrected chi connectivity index (χ1v) is 9.08. The van der Waals surface area contributed by atoms with Gasteiger partial charge in [-0.3, -0.25) is 14.4 Å². The van der Waals surface area contributed by atoms with Crippen LogP contribution in [-0.2, 0) is 11.3 Å². The number of carbonyl (C=O) groups excluding carboxylic acids is 1. The van der Waals surface area contributed by atoms with Crippen molar-refractivity contribution in [3.05, 3.63) is 53.3 Å². The molecule has 1 aromatic heterocycles. The average molecular weight is 340 g/mol. The summed E-state index contributed by atoms with van der Waals surface area (Å²) in [5.74, 6) is 0.260. The fraction of sp³-hybridized carbons (Fsp3) is 0.500. The number of piperazine rings is 1. The molecule has 0 spiro atoms. The summed E-state index contributed by atoms with van der Waals surface area (Å²) >= 11 is 0. The molecular formula is C20H28N4O. The lowest BCUT2D eigenvalue weighted by atomic mass is 10.0. The molecule has 1 amide bonds. The Labute approximate surface area is 150 Å². The highest BCUT2D eigenvalue weighted by Gasteiger charge is 2.27. The molecule has 1 aliphatic rings. The van der Waals surface area contributed by atoms with Crippen molar-refractivity contribution in [3.63, 3.8) is 0 Å². The van der Waals surface area contributed by atoms with Crippen LogP contribution in [0.25, 0.3) is 0 Å². The van der Waals surface area contributed by atoms with Gasteiger partial charge in [-0.25, -0.2) is 0 Å². The van der Waals surface area contributed by atoms with Gasteiger partial charge in [-0.1, -0.05) is 30.3 Å². The molecule has 0 bridgehead atoms. The summed E-state index contributed by atoms with van der Waals surface area (Å²) in [4.78, 5) is 17.0. The van der Waals surface area contributed by atoms with Crippen molar-refractivity contribution in [1.29, 1.82) is 0 Å². The number of nitrogens with zero attached hydrogens (tertiary/aromatic N) is 4. The van der Waals surface area contributed by atoms with Crippen molar-refractivity contribution in [1.82, 2.24) is 19.6 Å². The van der Waals surface area contributed by atoms with Crippen LogP contribution in [0.5, 0.6) is 0 Å². The number of likely N-dealkylation sites (N-methyl/N-ethyl adjacent to an activating group) is 1. The number of rotatable bonds is 5. The zero-order valence-electron chi connectivity index (χ0n) is 15.5. The molecule has 1 atom stereocenters. The fourth-order valence-electron chi connectivity index (χ4n) is 3.57. The Balaban J connectivity index is 1.54. The molecular weight excluding hydrogens is 312 g/mol. The van der Waals surface area contributed by atoms with Crippen molar-refractivity contribution < 1.29 is 4.79 Å². The number of aryl methyl sites for hydroxylation is 3. The Morgan fingerprint density at radius 1 is 1.20 bits per heavy atom. The van der Waals surface area contributed by atoms with E-state index in [1.54, 1.807) is 0 Å². The maximum atomic E-state index is 12.6. The summed E-state index contributed by atoms with van der Waals surface area (Å²) in [5, 5.41) is 4.47. The highest BCUT2D eigenvalue weighted by molar-refractivity contribution is 5.76. The first-order chi connectivity index (χ1) is 12.0. The summed E-state index contributed by atoms with van der Waals surface area (Å²) in [6.45, 7) is 7.39. The Hall–Kier alpha value is -2.14. The molecule has 3 rings (SSSR count). The lowest BCUT2D eigenvalue weighted by molar-refractivity contribution is -0.134. The van der Waals surface area contributed by atoms with Crippen LogP contribution in [0.4, 0.5) is 0 Å². The molecule has 1 aromatic carbocycles. The van der Waals surface area contributed by atoms with Gasteiger partial charge < -0.3 is 4.90 Å². The molecule has 5 heteroatoms. The summed E-state index contributed by atoms with van der Waals surface area (Å²) in [6, 6.07) is 12.8. The van der Waals surface area contributed by atoms with Gasteiger partial charge in [0, 0.05) is 38.3 Å². The van der Waals surface area contributed by atoms with Crippen LogP contribution in [0.1, 0.15) is 35.8 Å². The van der Waals surface area contributed by atoms with Crippen molar-refractivity contribution in [2.45, 2.75) is 39.3 Å². The van der Waals surface area contributed by atoms with Gasteiger partial charge in [0.1, 0.15) is 0 Å². The molecule has 0 unspecified atom stereocenters. The number of carbonyl (C=O) groups is 1. The van der Waals surface area contributed by atoms with Crippen molar-refractivity contribution in [3.8, 4) is 0 Å². The van der Waals surface area contributed by atoms with Crippen LogP contribution < -0.4 is 0 Å². The second-order valence-corrected chi connectivity index (χ2v) is 7.00. The zero-order valence-corrected chi connectivity index (χ0v) is 15.5. The highest BCUT2D eigenvalue weighted by Crippen LogP contribution is 2.24. The molecule has 5 nitrogen and oxygen atoms in total. The minimum Gasteiger partial charge on any atom is -0.339 e. The third-order valence-electron chi connectivity index (χ3n) is 5.05. The second-order valence-electron chi connectivity index (χ2n) is 7.00. The van der Waals surface area contributed by atoms with Gasteiger partial charge >= 0.3 is 0 Å². The second kappa shape index (κ2) is 7.83. The van der Waals surface area contributed by atoms with E-state index in [1.165, 1.54) is 5.56 Å². The molecule has 1 saturated heterocycles. The average Bonchev–Trinajstić information content (AvgIpc) is 2.93. The molecule has 2 aromatic rings. The van der Waals surface area contributed by atoms with Crippen LogP contribution >= 0.6 is 0 Å². The molecule has 0 aliphatic carbocycles. The van der Waals surface area contributed by atoms with E-state index >= 15 is 0 Å². The van der Waals surface area contributed by atoms with E-state index in [9.17, 15) is 4.79 Å². The van der Waals surface area contributed by atoms with E-state index in [-0.39, 0.29) is 11.9 Å². The van der Waals surface area contributed by atoms with Gasteiger partial charge in [0.2, 0.25) is 5.91 Å². The van der Waals surface area contributed by atoms with Crippen LogP contribution in [0.2, 0.25) is 0 Å². The van der Waals surface area contributed by atoms with Gasteiger partial charge in [0.15, 0.2) is 0 Å². The summed E-state index contributed by atoms with van der Waals surface area (Å²) < 4.78 is 2.00. The Morgan fingerprint density at radius 2 is 1.96 bits per heavy atom. The first kappa shape index (κ1) is 17.7. The van der Waals surface area contributed by atoms with E-state index in [1.807, 2.05) is 22.6 Å². The van der Waals surface area contributed by atoms with E-state index < -0.39 is 0 Å². The quantitative estimate of drug-likeness (QED) is 0.840. The largest absolute Gasteiger partial charge is 0.339 e. The van der Waals surface area contributed by atoms with Crippen molar-refractivity contribution >= 4 is 5.91 Å². The van der Waals surface area contributed by atoms with E-state index in [0.717, 1.165) is 44.0 Å². The Kier molecular flexibility index (Phi) is 5.53. The maximum absolute atomic E-state index is 12.6. The number of hydrogen-bond acceptors (Lipinski definition) is 3. The van der Waals surface area contributed by atoms with E-state index in [4.69, 9.17) is 0 Å². The van der Waals surface area contributed by atoms with Gasteiger partial charge in [0.25, 0.3) is 0 Å². The third kappa shape index (κ3) is 4.28. The van der Waals surface area contributed by atoms with E-state index in [2.05, 4.69) is 54.3 Å². The number of benzene rings is 1. The lowest BCUT2D eigenvalue weighted by Gasteiger charge is -2.39. The third-order valence-corrected chi connectivity index (χ3v) is 5.05. The van der Waals surface area contributed by atoms with Gasteiger partial charge in [-0.15, -0.1) is 0 Å². The minimum absolute atomic E-state index is 0.260. The summed E-state index contributed by atoms with van der Waals surface area (Å²) in [6.07, 6.45) is 1.42. The maximum Gasteiger partial charge on any atom is 0.222 e. The molecule has 25 heavy (non-hydrogen) atoms. The molecule has 0 N–H and O–H groups in total. The van der Waals surface area contributed by atoms with Crippen LogP contribution in [0.15, 0.2) is 36.4 Å². The fourth-order valence-corrected chi connectivity index (χ4v) is 3.57. The van der Waals surface area contributed by atoms with Crippen LogP contribution in [-0.4, -0.2) is 52.2 Å². The smallest absolute Gasteiger partial charge is 0.222 e. The Bertz CT molecular complexity index is 710. The Morgan fingerprint density at radius 3 is 2.64 bits per heavy atom. The number of hydrogen-bond donors (Lipinski definition) is 0. The number of aromatic nitrogens is 2. The topological polar surface area (TPSA) is 41.4 Å². The minimum atomic E-state index is 0.260. The molecule has 0 saturated carbocycles. The number of amides is 1. The first-order valence-electron chi connectivity index (χ1n) is 9.08. The normalized spacial score (nSPS) is 18.5. The van der Waals surface area contributed by atoms with Crippen LogP contribution in [0, 0.1) is 13.8 Å². The monoisotopic (exact) mass is 340 g/mol. The van der Waals surface area contributed by atoms with Gasteiger partial charge in [-0.05, 0) is 38.9 Å². The summed E-state index contributed by atoms with van der Waals surface area (Å²) in [5.41, 5.74) is 3.48. The standard InChI is InChI=1S/C20H28N4O/c1-16-14-17(2)24(21-16)11-7-10-20(25)23-13-12-22(3)19(15-23)18-8-5-4-6-9-18/h4-6,8-9,14,19H,7,10-13,15H2,1-3H3/t19-/m0/s1. The van der Waals surface area contributed by atoms with Gasteiger partial charge in [0.05, 0.1) is 11.7 Å². The molecule has 2 heterocycles. The van der Waals surface area contributed by atoms with Crippen molar-refractivity contribution in [2.75, 3.05) is 26.7 Å². The molecule has 134 valence electrons. The van der Waals surface area contributed by atoms with Crippen LogP contribution in [0.3, 0.4) is 0 Å². The summed E-state index contributed by atoms with van der Waals surface area (Å²) in [7, 11) is 2.14. The lowest BCUT2D eigenvalue weighted by Crippen LogP contribution is -2.49. The molecule has 1 aliphatic heterocycles. The van der Waals surface area contributed by atoms with Gasteiger partial charge in [-0.2, -0.15) is 5.10 Å². The van der Waals surface area contributed by atoms with E-state index in [0.29, 0.717) is 6.42 Å². The molecule has 0 radical (unpaired) electrons. The highest BCUT2D eigenvalue weighted by atomic mass is 16.2. The van der Waals surface area contributed by atoms with Crippen molar-refractivity contribution in [2.24, 2.45) is 0 Å². The SMILES string of the molecule is Cc1cc(C)n(CCCC(=O)N2CCN(C)[C@H](c3ccccc3)C2)n1. The predicted molar refractivity (Wildman–Crippen MR) is 99.3 cm³/mol. The molecule has 1 fully saturated rings. The predicted octanol–water partition coefficient (Wildman–Crippen LogP) is 2.80. The zero-order chi connectivity index (χ0) is 17.8.